The third-order valence-corrected chi connectivity index (χ3v) is 4.60. The zero-order valence-corrected chi connectivity index (χ0v) is 12.3. The number of amides is 1. The number of β-amino-alcohol motifs (C(OH)–C–C–N with tert-alkyl or cyclic N) is 1. The van der Waals surface area contributed by atoms with Gasteiger partial charge >= 0.3 is 0 Å². The van der Waals surface area contributed by atoms with Crippen LogP contribution in [0.25, 0.3) is 0 Å². The molecule has 2 heterocycles. The maximum atomic E-state index is 11.8. The van der Waals surface area contributed by atoms with E-state index in [-0.39, 0.29) is 17.9 Å². The monoisotopic (exact) mass is 290 g/mol. The first kappa shape index (κ1) is 14.4. The number of aliphatic hydroxyl groups excluding tert-OH is 1. The maximum absolute atomic E-state index is 11.8. The number of nitrogens with zero attached hydrogens (tertiary/aromatic N) is 1. The molecule has 0 radical (unpaired) electrons. The van der Waals surface area contributed by atoms with Crippen LogP contribution in [0.3, 0.4) is 0 Å². The Kier molecular flexibility index (Phi) is 4.12. The SMILES string of the molecule is COc1cccc(C(O)CN2CCCC3C(=O)NCC32)c1. The molecule has 5 nitrogen and oxygen atoms in total. The molecule has 0 spiro atoms. The molecule has 2 aliphatic rings. The second kappa shape index (κ2) is 6.03. The van der Waals surface area contributed by atoms with Gasteiger partial charge < -0.3 is 15.2 Å². The third kappa shape index (κ3) is 2.89. The van der Waals surface area contributed by atoms with Crippen molar-refractivity contribution in [2.24, 2.45) is 5.92 Å². The Morgan fingerprint density at radius 1 is 1.52 bits per heavy atom. The zero-order valence-electron chi connectivity index (χ0n) is 12.3. The number of carbonyl (C=O) groups is 1. The van der Waals surface area contributed by atoms with Crippen LogP contribution >= 0.6 is 0 Å². The summed E-state index contributed by atoms with van der Waals surface area (Å²) in [6.07, 6.45) is 1.41. The predicted octanol–water partition coefficient (Wildman–Crippen LogP) is 0.939. The average Bonchev–Trinajstić information content (AvgIpc) is 2.90. The molecule has 1 aromatic carbocycles. The molecule has 5 heteroatoms. The fraction of sp³-hybridized carbons (Fsp3) is 0.562. The molecule has 3 atom stereocenters. The van der Waals surface area contributed by atoms with Gasteiger partial charge in [-0.15, -0.1) is 0 Å². The van der Waals surface area contributed by atoms with Gasteiger partial charge in [-0.2, -0.15) is 0 Å². The van der Waals surface area contributed by atoms with Crippen LogP contribution in [-0.4, -0.2) is 48.7 Å². The summed E-state index contributed by atoms with van der Waals surface area (Å²) in [6.45, 7) is 2.20. The van der Waals surface area contributed by atoms with E-state index < -0.39 is 6.10 Å². The van der Waals surface area contributed by atoms with E-state index in [2.05, 4.69) is 10.2 Å². The van der Waals surface area contributed by atoms with Gasteiger partial charge in [0.05, 0.1) is 19.1 Å². The maximum Gasteiger partial charge on any atom is 0.224 e. The normalized spacial score (nSPS) is 27.0. The van der Waals surface area contributed by atoms with Crippen LogP contribution in [-0.2, 0) is 4.79 Å². The summed E-state index contributed by atoms with van der Waals surface area (Å²) in [6, 6.07) is 7.76. The molecule has 1 aromatic rings. The first-order chi connectivity index (χ1) is 10.2. The Hall–Kier alpha value is -1.59. The number of fused-ring (bicyclic) bond motifs is 1. The minimum absolute atomic E-state index is 0.0938. The van der Waals surface area contributed by atoms with Gasteiger partial charge in [0.15, 0.2) is 0 Å². The molecule has 21 heavy (non-hydrogen) atoms. The lowest BCUT2D eigenvalue weighted by Crippen LogP contribution is -2.47. The van der Waals surface area contributed by atoms with Crippen LogP contribution in [0.1, 0.15) is 24.5 Å². The van der Waals surface area contributed by atoms with Gasteiger partial charge in [0, 0.05) is 19.1 Å². The molecule has 0 aliphatic carbocycles. The molecule has 114 valence electrons. The lowest BCUT2D eigenvalue weighted by molar-refractivity contribution is -0.124. The number of hydrogen-bond acceptors (Lipinski definition) is 4. The van der Waals surface area contributed by atoms with Crippen molar-refractivity contribution < 1.29 is 14.6 Å². The number of aliphatic hydroxyl groups is 1. The van der Waals surface area contributed by atoms with E-state index in [1.54, 1.807) is 7.11 Å². The van der Waals surface area contributed by atoms with Gasteiger partial charge in [-0.25, -0.2) is 0 Å². The van der Waals surface area contributed by atoms with E-state index in [0.717, 1.165) is 30.7 Å². The summed E-state index contributed by atoms with van der Waals surface area (Å²) < 4.78 is 5.20. The number of ether oxygens (including phenoxy) is 1. The van der Waals surface area contributed by atoms with Crippen LogP contribution in [0.2, 0.25) is 0 Å². The Labute approximate surface area is 124 Å². The standard InChI is InChI=1S/C16H22N2O3/c1-21-12-5-2-4-11(8-12)15(19)10-18-7-3-6-13-14(18)9-17-16(13)20/h2,4-5,8,13-15,19H,3,6-7,9-10H2,1H3,(H,17,20). The molecule has 0 aromatic heterocycles. The molecule has 2 saturated heterocycles. The minimum Gasteiger partial charge on any atom is -0.497 e. The molecule has 0 bridgehead atoms. The highest BCUT2D eigenvalue weighted by Crippen LogP contribution is 2.29. The molecular formula is C16H22N2O3. The van der Waals surface area contributed by atoms with Crippen molar-refractivity contribution in [3.8, 4) is 5.75 Å². The quantitative estimate of drug-likeness (QED) is 0.866. The van der Waals surface area contributed by atoms with Crippen LogP contribution in [0.15, 0.2) is 24.3 Å². The van der Waals surface area contributed by atoms with Crippen LogP contribution in [0.5, 0.6) is 5.75 Å². The number of methoxy groups -OCH3 is 1. The summed E-state index contributed by atoms with van der Waals surface area (Å²) >= 11 is 0. The second-order valence-corrected chi connectivity index (χ2v) is 5.85. The topological polar surface area (TPSA) is 61.8 Å². The Bertz CT molecular complexity index is 520. The fourth-order valence-corrected chi connectivity index (χ4v) is 3.44. The van der Waals surface area contributed by atoms with Crippen molar-refractivity contribution in [1.29, 1.82) is 0 Å². The van der Waals surface area contributed by atoms with E-state index in [4.69, 9.17) is 4.74 Å². The van der Waals surface area contributed by atoms with Crippen molar-refractivity contribution in [3.05, 3.63) is 29.8 Å². The van der Waals surface area contributed by atoms with Crippen LogP contribution < -0.4 is 10.1 Å². The number of carbonyl (C=O) groups excluding carboxylic acids is 1. The zero-order chi connectivity index (χ0) is 14.8. The minimum atomic E-state index is -0.561. The lowest BCUT2D eigenvalue weighted by Gasteiger charge is -2.37. The summed E-state index contributed by atoms with van der Waals surface area (Å²) in [4.78, 5) is 14.0. The molecule has 3 rings (SSSR count). The van der Waals surface area contributed by atoms with E-state index in [1.165, 1.54) is 0 Å². The number of nitrogens with one attached hydrogen (secondary N) is 1. The molecule has 2 N–H and O–H groups in total. The molecule has 2 fully saturated rings. The summed E-state index contributed by atoms with van der Waals surface area (Å²) in [5, 5.41) is 13.4. The number of likely N-dealkylation sites (tertiary alicyclic amines) is 1. The van der Waals surface area contributed by atoms with Crippen molar-refractivity contribution in [3.63, 3.8) is 0 Å². The molecule has 2 aliphatic heterocycles. The predicted molar refractivity (Wildman–Crippen MR) is 79.0 cm³/mol. The molecule has 3 unspecified atom stereocenters. The Morgan fingerprint density at radius 3 is 3.19 bits per heavy atom. The second-order valence-electron chi connectivity index (χ2n) is 5.85. The Morgan fingerprint density at radius 2 is 2.38 bits per heavy atom. The van der Waals surface area contributed by atoms with Crippen LogP contribution in [0, 0.1) is 5.92 Å². The van der Waals surface area contributed by atoms with E-state index in [9.17, 15) is 9.90 Å². The summed E-state index contributed by atoms with van der Waals surface area (Å²) in [5.74, 6) is 1.01. The van der Waals surface area contributed by atoms with Crippen molar-refractivity contribution in [1.82, 2.24) is 10.2 Å². The van der Waals surface area contributed by atoms with E-state index >= 15 is 0 Å². The highest BCUT2D eigenvalue weighted by Gasteiger charge is 2.41. The summed E-state index contributed by atoms with van der Waals surface area (Å²) in [7, 11) is 1.62. The van der Waals surface area contributed by atoms with Crippen molar-refractivity contribution in [2.45, 2.75) is 25.0 Å². The average molecular weight is 290 g/mol. The highest BCUT2D eigenvalue weighted by molar-refractivity contribution is 5.82. The van der Waals surface area contributed by atoms with E-state index in [1.807, 2.05) is 24.3 Å². The molecule has 1 amide bonds. The summed E-state index contributed by atoms with van der Waals surface area (Å²) in [5.41, 5.74) is 0.855. The third-order valence-electron chi connectivity index (χ3n) is 4.60. The molecular weight excluding hydrogens is 268 g/mol. The Balaban J connectivity index is 1.69. The van der Waals surface area contributed by atoms with Crippen molar-refractivity contribution >= 4 is 5.91 Å². The van der Waals surface area contributed by atoms with Gasteiger partial charge in [0.25, 0.3) is 0 Å². The van der Waals surface area contributed by atoms with E-state index in [0.29, 0.717) is 13.1 Å². The smallest absolute Gasteiger partial charge is 0.224 e. The lowest BCUT2D eigenvalue weighted by atomic mass is 9.91. The number of piperidine rings is 1. The largest absolute Gasteiger partial charge is 0.497 e. The van der Waals surface area contributed by atoms with Crippen molar-refractivity contribution in [2.75, 3.05) is 26.7 Å². The first-order valence-corrected chi connectivity index (χ1v) is 7.53. The van der Waals surface area contributed by atoms with Gasteiger partial charge in [0.2, 0.25) is 5.91 Å². The fourth-order valence-electron chi connectivity index (χ4n) is 3.44. The van der Waals surface area contributed by atoms with Gasteiger partial charge in [0.1, 0.15) is 5.75 Å². The van der Waals surface area contributed by atoms with Gasteiger partial charge in [-0.1, -0.05) is 12.1 Å². The molecule has 0 saturated carbocycles. The number of rotatable bonds is 4. The number of hydrogen-bond donors (Lipinski definition) is 2. The first-order valence-electron chi connectivity index (χ1n) is 7.53. The number of benzene rings is 1. The van der Waals surface area contributed by atoms with Gasteiger partial charge in [-0.3, -0.25) is 9.69 Å². The van der Waals surface area contributed by atoms with Crippen LogP contribution in [0.4, 0.5) is 0 Å². The highest BCUT2D eigenvalue weighted by atomic mass is 16.5. The van der Waals surface area contributed by atoms with Gasteiger partial charge in [-0.05, 0) is 37.1 Å².